The van der Waals surface area contributed by atoms with Crippen molar-refractivity contribution in [1.29, 1.82) is 0 Å². The number of hydrogen-bond acceptors (Lipinski definition) is 3. The third kappa shape index (κ3) is 3.60. The van der Waals surface area contributed by atoms with Crippen LogP contribution in [0.25, 0.3) is 10.9 Å². The maximum Gasteiger partial charge on any atom is 0.134 e. The molecule has 0 spiro atoms. The molecule has 0 N–H and O–H groups in total. The summed E-state index contributed by atoms with van der Waals surface area (Å²) in [5.41, 5.74) is 3.07. The van der Waals surface area contributed by atoms with E-state index in [1.807, 2.05) is 30.3 Å². The smallest absolute Gasteiger partial charge is 0.134 e. The van der Waals surface area contributed by atoms with Crippen LogP contribution in [0.5, 0.6) is 0 Å². The van der Waals surface area contributed by atoms with Crippen molar-refractivity contribution in [2.75, 3.05) is 31.1 Å². The normalized spacial score (nSPS) is 15.7. The van der Waals surface area contributed by atoms with Crippen molar-refractivity contribution in [2.45, 2.75) is 6.54 Å². The summed E-state index contributed by atoms with van der Waals surface area (Å²) in [6.07, 6.45) is 0. The topological polar surface area (TPSA) is 19.4 Å². The van der Waals surface area contributed by atoms with E-state index in [1.165, 1.54) is 12.1 Å². The Hall–Kier alpha value is -2.17. The summed E-state index contributed by atoms with van der Waals surface area (Å²) in [5, 5.41) is 1.70. The Labute approximate surface area is 151 Å². The number of pyridine rings is 1. The average molecular weight is 356 g/mol. The number of anilines is 1. The van der Waals surface area contributed by atoms with Crippen LogP contribution in [0.4, 0.5) is 10.1 Å². The molecule has 1 aromatic heterocycles. The number of nitrogens with zero attached hydrogens (tertiary/aromatic N) is 3. The van der Waals surface area contributed by atoms with Crippen molar-refractivity contribution >= 4 is 28.2 Å². The first-order chi connectivity index (χ1) is 12.2. The fourth-order valence-electron chi connectivity index (χ4n) is 3.30. The molecule has 4 rings (SSSR count). The van der Waals surface area contributed by atoms with Crippen molar-refractivity contribution in [2.24, 2.45) is 0 Å². The van der Waals surface area contributed by atoms with E-state index in [4.69, 9.17) is 11.6 Å². The van der Waals surface area contributed by atoms with Crippen LogP contribution in [-0.2, 0) is 6.54 Å². The van der Waals surface area contributed by atoms with E-state index in [0.29, 0.717) is 5.15 Å². The SMILES string of the molecule is Fc1ccc(N2CCN(Cc3cc4ccccc4nc3Cl)CC2)cc1. The van der Waals surface area contributed by atoms with Crippen LogP contribution >= 0.6 is 11.6 Å². The lowest BCUT2D eigenvalue weighted by Crippen LogP contribution is -2.46. The van der Waals surface area contributed by atoms with E-state index in [0.717, 1.165) is 54.9 Å². The van der Waals surface area contributed by atoms with Gasteiger partial charge in [0.2, 0.25) is 0 Å². The van der Waals surface area contributed by atoms with Crippen LogP contribution in [-0.4, -0.2) is 36.1 Å². The first kappa shape index (κ1) is 16.3. The van der Waals surface area contributed by atoms with Gasteiger partial charge < -0.3 is 4.90 Å². The molecule has 1 aliphatic rings. The van der Waals surface area contributed by atoms with Gasteiger partial charge in [0.15, 0.2) is 0 Å². The van der Waals surface area contributed by atoms with Gasteiger partial charge >= 0.3 is 0 Å². The third-order valence-electron chi connectivity index (χ3n) is 4.71. The van der Waals surface area contributed by atoms with Gasteiger partial charge in [-0.3, -0.25) is 4.90 Å². The van der Waals surface area contributed by atoms with Crippen LogP contribution in [0.1, 0.15) is 5.56 Å². The Balaban J connectivity index is 1.43. The van der Waals surface area contributed by atoms with Crippen LogP contribution in [0.3, 0.4) is 0 Å². The van der Waals surface area contributed by atoms with Crippen molar-refractivity contribution in [3.63, 3.8) is 0 Å². The van der Waals surface area contributed by atoms with Gasteiger partial charge in [0, 0.05) is 49.4 Å². The molecule has 1 fully saturated rings. The summed E-state index contributed by atoms with van der Waals surface area (Å²) in [5.74, 6) is -0.194. The zero-order valence-corrected chi connectivity index (χ0v) is 14.6. The molecule has 0 radical (unpaired) electrons. The van der Waals surface area contributed by atoms with Crippen LogP contribution in [0.15, 0.2) is 54.6 Å². The van der Waals surface area contributed by atoms with E-state index < -0.39 is 0 Å². The standard InChI is InChI=1S/C20H19ClFN3/c21-20-16(13-15-3-1-2-4-19(15)23-20)14-24-9-11-25(12-10-24)18-7-5-17(22)6-8-18/h1-8,13H,9-12,14H2. The largest absolute Gasteiger partial charge is 0.369 e. The Kier molecular flexibility index (Phi) is 4.55. The van der Waals surface area contributed by atoms with E-state index in [1.54, 1.807) is 0 Å². The molecule has 0 bridgehead atoms. The van der Waals surface area contributed by atoms with Crippen LogP contribution in [0.2, 0.25) is 5.15 Å². The van der Waals surface area contributed by atoms with E-state index in [-0.39, 0.29) is 5.82 Å². The van der Waals surface area contributed by atoms with Crippen molar-refractivity contribution in [3.05, 3.63) is 71.1 Å². The Bertz CT molecular complexity index is 874. The summed E-state index contributed by atoms with van der Waals surface area (Å²) >= 11 is 6.38. The highest BCUT2D eigenvalue weighted by atomic mass is 35.5. The van der Waals surface area contributed by atoms with E-state index in [9.17, 15) is 4.39 Å². The molecular formula is C20H19ClFN3. The molecule has 2 aromatic carbocycles. The van der Waals surface area contributed by atoms with Gasteiger partial charge in [-0.25, -0.2) is 9.37 Å². The summed E-state index contributed by atoms with van der Waals surface area (Å²) in [7, 11) is 0. The van der Waals surface area contributed by atoms with Gasteiger partial charge in [0.1, 0.15) is 11.0 Å². The van der Waals surface area contributed by atoms with Gasteiger partial charge in [-0.1, -0.05) is 29.8 Å². The molecule has 0 atom stereocenters. The minimum Gasteiger partial charge on any atom is -0.369 e. The zero-order chi connectivity index (χ0) is 17.2. The summed E-state index contributed by atoms with van der Waals surface area (Å²) in [6, 6.07) is 16.9. The lowest BCUT2D eigenvalue weighted by atomic mass is 10.1. The molecule has 25 heavy (non-hydrogen) atoms. The molecule has 3 nitrogen and oxygen atoms in total. The monoisotopic (exact) mass is 355 g/mol. The zero-order valence-electron chi connectivity index (χ0n) is 13.8. The molecule has 1 aliphatic heterocycles. The second-order valence-corrected chi connectivity index (χ2v) is 6.73. The molecule has 128 valence electrons. The maximum absolute atomic E-state index is 13.1. The molecule has 5 heteroatoms. The van der Waals surface area contributed by atoms with Crippen molar-refractivity contribution in [1.82, 2.24) is 9.88 Å². The molecule has 0 unspecified atom stereocenters. The van der Waals surface area contributed by atoms with Gasteiger partial charge in [0.05, 0.1) is 5.52 Å². The highest BCUT2D eigenvalue weighted by Crippen LogP contribution is 2.23. The Morgan fingerprint density at radius 1 is 0.960 bits per heavy atom. The second-order valence-electron chi connectivity index (χ2n) is 6.37. The number of hydrogen-bond donors (Lipinski definition) is 0. The minimum absolute atomic E-state index is 0.194. The quantitative estimate of drug-likeness (QED) is 0.651. The van der Waals surface area contributed by atoms with Gasteiger partial charge in [0.25, 0.3) is 0 Å². The molecule has 0 amide bonds. The lowest BCUT2D eigenvalue weighted by molar-refractivity contribution is 0.250. The lowest BCUT2D eigenvalue weighted by Gasteiger charge is -2.36. The number of para-hydroxylation sites is 1. The summed E-state index contributed by atoms with van der Waals surface area (Å²) < 4.78 is 13.1. The summed E-state index contributed by atoms with van der Waals surface area (Å²) in [6.45, 7) is 4.53. The fraction of sp³-hybridized carbons (Fsp3) is 0.250. The second kappa shape index (κ2) is 6.98. The molecule has 3 aromatic rings. The van der Waals surface area contributed by atoms with Crippen LogP contribution < -0.4 is 4.90 Å². The first-order valence-corrected chi connectivity index (χ1v) is 8.84. The predicted octanol–water partition coefficient (Wildman–Crippen LogP) is 4.35. The van der Waals surface area contributed by atoms with Crippen molar-refractivity contribution < 1.29 is 4.39 Å². The number of rotatable bonds is 3. The highest BCUT2D eigenvalue weighted by molar-refractivity contribution is 6.30. The van der Waals surface area contributed by atoms with Gasteiger partial charge in [-0.2, -0.15) is 0 Å². The summed E-state index contributed by atoms with van der Waals surface area (Å²) in [4.78, 5) is 9.18. The Morgan fingerprint density at radius 2 is 1.68 bits per heavy atom. The van der Waals surface area contributed by atoms with Crippen LogP contribution in [0, 0.1) is 5.82 Å². The highest BCUT2D eigenvalue weighted by Gasteiger charge is 2.18. The molecule has 0 saturated carbocycles. The van der Waals surface area contributed by atoms with Gasteiger partial charge in [-0.05, 0) is 36.4 Å². The first-order valence-electron chi connectivity index (χ1n) is 8.46. The molecule has 0 aliphatic carbocycles. The number of halogens is 2. The third-order valence-corrected chi connectivity index (χ3v) is 5.04. The predicted molar refractivity (Wildman–Crippen MR) is 101 cm³/mol. The molecule has 1 saturated heterocycles. The van der Waals surface area contributed by atoms with Crippen molar-refractivity contribution in [3.8, 4) is 0 Å². The molecular weight excluding hydrogens is 337 g/mol. The fourth-order valence-corrected chi connectivity index (χ4v) is 3.51. The number of benzene rings is 2. The Morgan fingerprint density at radius 3 is 2.44 bits per heavy atom. The van der Waals surface area contributed by atoms with Gasteiger partial charge in [-0.15, -0.1) is 0 Å². The minimum atomic E-state index is -0.194. The van der Waals surface area contributed by atoms with E-state index in [2.05, 4.69) is 26.9 Å². The maximum atomic E-state index is 13.1. The average Bonchev–Trinajstić information content (AvgIpc) is 2.64. The number of piperazine rings is 1. The molecule has 2 heterocycles. The number of aromatic nitrogens is 1. The number of fused-ring (bicyclic) bond motifs is 1. The van der Waals surface area contributed by atoms with E-state index >= 15 is 0 Å².